The second kappa shape index (κ2) is 16.0. The first kappa shape index (κ1) is 35.6. The Morgan fingerprint density at radius 3 is 2.17 bits per heavy atom. The molecule has 0 atom stereocenters. The second-order valence-corrected chi connectivity index (χ2v) is 13.0. The van der Waals surface area contributed by atoms with Gasteiger partial charge in [-0.05, 0) is 85.8 Å². The molecule has 4 rings (SSSR count). The Kier molecular flexibility index (Phi) is 12.1. The van der Waals surface area contributed by atoms with E-state index in [0.29, 0.717) is 70.8 Å². The molecule has 0 saturated carbocycles. The third-order valence-electron chi connectivity index (χ3n) is 7.63. The van der Waals surface area contributed by atoms with Crippen LogP contribution in [0.15, 0.2) is 77.7 Å². The summed E-state index contributed by atoms with van der Waals surface area (Å²) in [5.41, 5.74) is 4.48. The molecule has 47 heavy (non-hydrogen) atoms. The van der Waals surface area contributed by atoms with Crippen LogP contribution in [0.2, 0.25) is 5.02 Å². The third kappa shape index (κ3) is 8.77. The van der Waals surface area contributed by atoms with Gasteiger partial charge in [0, 0.05) is 48.7 Å². The van der Waals surface area contributed by atoms with Crippen LogP contribution in [0.1, 0.15) is 40.4 Å². The molecule has 0 aromatic heterocycles. The van der Waals surface area contributed by atoms with Crippen molar-refractivity contribution in [2.45, 2.75) is 38.6 Å². The number of halogens is 1. The fourth-order valence-corrected chi connectivity index (χ4v) is 6.79. The smallest absolute Gasteiger partial charge is 0.262 e. The van der Waals surface area contributed by atoms with Crippen LogP contribution in [0, 0.1) is 13.8 Å². The van der Waals surface area contributed by atoms with Crippen LogP contribution in [0.25, 0.3) is 11.1 Å². The first-order valence-corrected chi connectivity index (χ1v) is 17.0. The van der Waals surface area contributed by atoms with E-state index < -0.39 is 10.0 Å². The summed E-state index contributed by atoms with van der Waals surface area (Å²) in [7, 11) is 0.920. The van der Waals surface area contributed by atoms with Gasteiger partial charge < -0.3 is 23.8 Å². The van der Waals surface area contributed by atoms with E-state index in [1.54, 1.807) is 94.7 Å². The van der Waals surface area contributed by atoms with Gasteiger partial charge in [-0.25, -0.2) is 8.42 Å². The molecule has 11 heteroatoms. The van der Waals surface area contributed by atoms with Crippen LogP contribution >= 0.6 is 11.6 Å². The number of nitrogens with one attached hydrogen (secondary N) is 1. The highest BCUT2D eigenvalue weighted by atomic mass is 35.5. The number of ether oxygens (including phenoxy) is 4. The number of hydrogen-bond donors (Lipinski definition) is 1. The van der Waals surface area contributed by atoms with Crippen molar-refractivity contribution in [1.29, 1.82) is 0 Å². The van der Waals surface area contributed by atoms with Gasteiger partial charge in [0.25, 0.3) is 15.9 Å². The maximum atomic E-state index is 13.9. The van der Waals surface area contributed by atoms with Gasteiger partial charge in [-0.1, -0.05) is 35.9 Å². The summed E-state index contributed by atoms with van der Waals surface area (Å²) in [5.74, 6) is 1.57. The summed E-state index contributed by atoms with van der Waals surface area (Å²) in [6.45, 7) is 7.06. The number of hydrogen-bond acceptors (Lipinski definition) is 7. The molecule has 1 amide bonds. The fraction of sp³-hybridized carbons (Fsp3) is 0.306. The molecule has 1 N–H and O–H groups in total. The number of anilines is 1. The van der Waals surface area contributed by atoms with E-state index in [-0.39, 0.29) is 17.3 Å². The van der Waals surface area contributed by atoms with Crippen molar-refractivity contribution >= 4 is 33.2 Å². The van der Waals surface area contributed by atoms with Gasteiger partial charge in [-0.2, -0.15) is 0 Å². The molecule has 0 aliphatic carbocycles. The number of rotatable bonds is 15. The van der Waals surface area contributed by atoms with Crippen molar-refractivity contribution in [3.05, 3.63) is 100 Å². The lowest BCUT2D eigenvalue weighted by molar-refractivity contribution is 0.0721. The molecular formula is C36H41ClN2O7S. The van der Waals surface area contributed by atoms with Crippen molar-refractivity contribution in [1.82, 2.24) is 4.90 Å². The lowest BCUT2D eigenvalue weighted by atomic mass is 10.0. The highest BCUT2D eigenvalue weighted by Gasteiger charge is 2.22. The van der Waals surface area contributed by atoms with E-state index in [0.717, 1.165) is 16.7 Å². The van der Waals surface area contributed by atoms with E-state index in [1.807, 2.05) is 25.1 Å². The number of amides is 1. The summed E-state index contributed by atoms with van der Waals surface area (Å²) >= 11 is 6.18. The Balaban J connectivity index is 1.58. The van der Waals surface area contributed by atoms with Gasteiger partial charge in [0.1, 0.15) is 17.2 Å². The highest BCUT2D eigenvalue weighted by Crippen LogP contribution is 2.36. The molecule has 0 radical (unpaired) electrons. The summed E-state index contributed by atoms with van der Waals surface area (Å²) in [5, 5.41) is 0.513. The van der Waals surface area contributed by atoms with Gasteiger partial charge in [0.15, 0.2) is 0 Å². The Hall–Kier alpha value is -4.25. The average molecular weight is 681 g/mol. The van der Waals surface area contributed by atoms with Gasteiger partial charge in [-0.3, -0.25) is 9.52 Å². The monoisotopic (exact) mass is 680 g/mol. The van der Waals surface area contributed by atoms with Crippen LogP contribution in [0.4, 0.5) is 5.69 Å². The summed E-state index contributed by atoms with van der Waals surface area (Å²) in [4.78, 5) is 15.8. The molecule has 0 unspecified atom stereocenters. The number of carbonyl (C=O) groups is 1. The standard InChI is InChI=1S/C36H41ClN2O7S/c1-7-46-30-21-33(44-5)31(34(22-30)45-6)23-39(16-9-17-43-4)36(40)27-14-12-26(13-15-27)28-10-8-11-29(20-28)38-47(41,42)35-19-24(2)32(37)18-25(35)3/h8,10-15,18-22,38H,7,9,16-17,23H2,1-6H3. The minimum absolute atomic E-state index is 0.166. The molecule has 9 nitrogen and oxygen atoms in total. The zero-order valence-electron chi connectivity index (χ0n) is 27.6. The van der Waals surface area contributed by atoms with E-state index in [1.165, 1.54) is 0 Å². The molecular weight excluding hydrogens is 640 g/mol. The quantitative estimate of drug-likeness (QED) is 0.130. The molecule has 0 fully saturated rings. The van der Waals surface area contributed by atoms with Gasteiger partial charge in [0.2, 0.25) is 0 Å². The fourth-order valence-electron chi connectivity index (χ4n) is 5.21. The Morgan fingerprint density at radius 2 is 1.55 bits per heavy atom. The van der Waals surface area contributed by atoms with E-state index in [4.69, 9.17) is 30.5 Å². The predicted octanol–water partition coefficient (Wildman–Crippen LogP) is 7.52. The number of aryl methyl sites for hydroxylation is 2. The van der Waals surface area contributed by atoms with Crippen molar-refractivity contribution in [3.63, 3.8) is 0 Å². The van der Waals surface area contributed by atoms with Crippen molar-refractivity contribution in [2.75, 3.05) is 45.8 Å². The molecule has 0 saturated heterocycles. The van der Waals surface area contributed by atoms with Crippen molar-refractivity contribution < 1.29 is 32.2 Å². The van der Waals surface area contributed by atoms with E-state index in [2.05, 4.69) is 4.72 Å². The maximum Gasteiger partial charge on any atom is 0.262 e. The van der Waals surface area contributed by atoms with Crippen LogP contribution in [0.3, 0.4) is 0 Å². The molecule has 0 spiro atoms. The summed E-state index contributed by atoms with van der Waals surface area (Å²) in [6.07, 6.45) is 0.639. The Morgan fingerprint density at radius 1 is 0.872 bits per heavy atom. The molecule has 0 aliphatic heterocycles. The highest BCUT2D eigenvalue weighted by molar-refractivity contribution is 7.92. The lowest BCUT2D eigenvalue weighted by Gasteiger charge is -2.25. The van der Waals surface area contributed by atoms with Crippen LogP contribution in [-0.2, 0) is 21.3 Å². The summed E-state index contributed by atoms with van der Waals surface area (Å²) < 4.78 is 51.4. The van der Waals surface area contributed by atoms with Gasteiger partial charge in [0.05, 0.1) is 37.8 Å². The predicted molar refractivity (Wildman–Crippen MR) is 186 cm³/mol. The minimum atomic E-state index is -3.85. The molecule has 4 aromatic rings. The van der Waals surface area contributed by atoms with Crippen LogP contribution < -0.4 is 18.9 Å². The van der Waals surface area contributed by atoms with Crippen LogP contribution in [0.5, 0.6) is 17.2 Å². The van der Waals surface area contributed by atoms with Gasteiger partial charge >= 0.3 is 0 Å². The number of sulfonamides is 1. The minimum Gasteiger partial charge on any atom is -0.496 e. The van der Waals surface area contributed by atoms with Gasteiger partial charge in [-0.15, -0.1) is 0 Å². The zero-order valence-corrected chi connectivity index (χ0v) is 29.1. The molecule has 4 aromatic carbocycles. The second-order valence-electron chi connectivity index (χ2n) is 10.9. The molecule has 0 aliphatic rings. The molecule has 250 valence electrons. The largest absolute Gasteiger partial charge is 0.496 e. The van der Waals surface area contributed by atoms with E-state index >= 15 is 0 Å². The number of methoxy groups -OCH3 is 3. The maximum absolute atomic E-state index is 13.9. The topological polar surface area (TPSA) is 103 Å². The number of nitrogens with zero attached hydrogens (tertiary/aromatic N) is 1. The first-order chi connectivity index (χ1) is 22.5. The summed E-state index contributed by atoms with van der Waals surface area (Å²) in [6, 6.07) is 21.1. The number of benzene rings is 4. The third-order valence-corrected chi connectivity index (χ3v) is 9.56. The average Bonchev–Trinajstić information content (AvgIpc) is 3.06. The zero-order chi connectivity index (χ0) is 34.1. The van der Waals surface area contributed by atoms with Crippen LogP contribution in [-0.4, -0.2) is 60.3 Å². The Labute approximate surface area is 282 Å². The SMILES string of the molecule is CCOc1cc(OC)c(CN(CCCOC)C(=O)c2ccc(-c3cccc(NS(=O)(=O)c4cc(C)c(Cl)cc4C)c3)cc2)c(OC)c1. The van der Waals surface area contributed by atoms with E-state index in [9.17, 15) is 13.2 Å². The van der Waals surface area contributed by atoms with Crippen molar-refractivity contribution in [3.8, 4) is 28.4 Å². The molecule has 0 heterocycles. The normalized spacial score (nSPS) is 11.2. The first-order valence-electron chi connectivity index (χ1n) is 15.2. The lowest BCUT2D eigenvalue weighted by Crippen LogP contribution is -2.32. The van der Waals surface area contributed by atoms with Crippen molar-refractivity contribution in [2.24, 2.45) is 0 Å². The molecule has 0 bridgehead atoms. The number of carbonyl (C=O) groups excluding carboxylic acids is 1. The Bertz CT molecular complexity index is 1790.